The van der Waals surface area contributed by atoms with E-state index >= 15 is 0 Å². The van der Waals surface area contributed by atoms with Crippen LogP contribution in [0.2, 0.25) is 0 Å². The van der Waals surface area contributed by atoms with Crippen LogP contribution in [0.1, 0.15) is 18.5 Å². The van der Waals surface area contributed by atoms with Gasteiger partial charge in [0.15, 0.2) is 0 Å². The first-order chi connectivity index (χ1) is 12.3. The monoisotopic (exact) mass is 385 g/mol. The molecule has 1 aromatic carbocycles. The molecular weight excluding hydrogens is 365 g/mol. The molecular formula is C16H20FN3O5S. The molecule has 1 aromatic heterocycles. The van der Waals surface area contributed by atoms with Crippen LogP contribution in [0, 0.1) is 5.82 Å². The van der Waals surface area contributed by atoms with Gasteiger partial charge in [-0.2, -0.15) is 0 Å². The number of halogens is 1. The molecule has 0 atom stereocenters. The first kappa shape index (κ1) is 18.5. The fraction of sp³-hybridized carbons (Fsp3) is 0.438. The molecule has 2 heterocycles. The summed E-state index contributed by atoms with van der Waals surface area (Å²) in [5.41, 5.74) is -0.606. The van der Waals surface area contributed by atoms with Gasteiger partial charge in [-0.25, -0.2) is 21.9 Å². The Bertz CT molecular complexity index is 945. The summed E-state index contributed by atoms with van der Waals surface area (Å²) >= 11 is 0. The number of aromatic nitrogens is 2. The molecule has 1 saturated heterocycles. The number of imidazole rings is 1. The quantitative estimate of drug-likeness (QED) is 0.797. The topological polar surface area (TPSA) is 105 Å². The van der Waals surface area contributed by atoms with Crippen molar-refractivity contribution in [3.05, 3.63) is 46.3 Å². The predicted octanol–water partition coefficient (Wildman–Crippen LogP) is 0.931. The number of piperidine rings is 1. The Kier molecular flexibility index (Phi) is 5.05. The standard InChI is InChI=1S/C16H20FN3O5S/c1-19-15(21)14(18-16(19)22)10-26(23,24)20-7-5-12(6-8-20)25-13-4-2-3-11(17)9-13/h2-4,9,12,21H,5-8,10H2,1H3,(H,18,22). The Balaban J connectivity index is 1.61. The third-order valence-corrected chi connectivity index (χ3v) is 6.18. The normalized spacial score (nSPS) is 16.7. The Labute approximate surface area is 149 Å². The third kappa shape index (κ3) is 3.91. The molecule has 10 heteroatoms. The van der Waals surface area contributed by atoms with Gasteiger partial charge in [0.1, 0.15) is 23.4 Å². The number of ether oxygens (including phenoxy) is 1. The van der Waals surface area contributed by atoms with Crippen molar-refractivity contribution in [2.24, 2.45) is 7.05 Å². The van der Waals surface area contributed by atoms with E-state index in [0.29, 0.717) is 18.6 Å². The Morgan fingerprint density at radius 2 is 2.04 bits per heavy atom. The lowest BCUT2D eigenvalue weighted by molar-refractivity contribution is 0.134. The number of aromatic amines is 1. The maximum atomic E-state index is 13.2. The van der Waals surface area contributed by atoms with E-state index in [1.807, 2.05) is 0 Å². The number of nitrogens with zero attached hydrogens (tertiary/aromatic N) is 2. The van der Waals surface area contributed by atoms with Crippen LogP contribution in [0.25, 0.3) is 0 Å². The lowest BCUT2D eigenvalue weighted by Crippen LogP contribution is -2.42. The highest BCUT2D eigenvalue weighted by Gasteiger charge is 2.30. The van der Waals surface area contributed by atoms with Gasteiger partial charge in [-0.15, -0.1) is 0 Å². The molecule has 0 saturated carbocycles. The van der Waals surface area contributed by atoms with Crippen molar-refractivity contribution in [1.29, 1.82) is 0 Å². The number of sulfonamides is 1. The lowest BCUT2D eigenvalue weighted by Gasteiger charge is -2.31. The minimum Gasteiger partial charge on any atom is -0.493 e. The largest absolute Gasteiger partial charge is 0.493 e. The smallest absolute Gasteiger partial charge is 0.328 e. The van der Waals surface area contributed by atoms with E-state index in [1.54, 1.807) is 12.1 Å². The van der Waals surface area contributed by atoms with Crippen LogP contribution in [-0.2, 0) is 22.8 Å². The van der Waals surface area contributed by atoms with E-state index in [4.69, 9.17) is 4.74 Å². The van der Waals surface area contributed by atoms with Gasteiger partial charge in [-0.05, 0) is 25.0 Å². The number of aromatic hydroxyl groups is 1. The van der Waals surface area contributed by atoms with Crippen LogP contribution in [0.15, 0.2) is 29.1 Å². The number of benzene rings is 1. The highest BCUT2D eigenvalue weighted by molar-refractivity contribution is 7.88. The molecule has 0 aliphatic carbocycles. The second-order valence-corrected chi connectivity index (χ2v) is 8.19. The van der Waals surface area contributed by atoms with Crippen LogP contribution < -0.4 is 10.4 Å². The van der Waals surface area contributed by atoms with Crippen molar-refractivity contribution in [2.75, 3.05) is 13.1 Å². The second-order valence-electron chi connectivity index (χ2n) is 6.22. The molecule has 26 heavy (non-hydrogen) atoms. The summed E-state index contributed by atoms with van der Waals surface area (Å²) in [7, 11) is -2.34. The van der Waals surface area contributed by atoms with Gasteiger partial charge in [0, 0.05) is 26.2 Å². The zero-order valence-corrected chi connectivity index (χ0v) is 15.0. The predicted molar refractivity (Wildman–Crippen MR) is 91.9 cm³/mol. The van der Waals surface area contributed by atoms with Gasteiger partial charge < -0.3 is 14.8 Å². The molecule has 2 N–H and O–H groups in total. The molecule has 1 aliphatic heterocycles. The van der Waals surface area contributed by atoms with E-state index in [2.05, 4.69) is 4.98 Å². The first-order valence-electron chi connectivity index (χ1n) is 8.13. The van der Waals surface area contributed by atoms with Crippen LogP contribution in [0.3, 0.4) is 0 Å². The summed E-state index contributed by atoms with van der Waals surface area (Å²) in [6.45, 7) is 0.500. The van der Waals surface area contributed by atoms with E-state index in [1.165, 1.54) is 23.5 Å². The van der Waals surface area contributed by atoms with Crippen molar-refractivity contribution in [3.8, 4) is 11.6 Å². The van der Waals surface area contributed by atoms with Crippen molar-refractivity contribution in [3.63, 3.8) is 0 Å². The number of rotatable bonds is 5. The summed E-state index contributed by atoms with van der Waals surface area (Å²) in [6, 6.07) is 5.82. The fourth-order valence-corrected chi connectivity index (χ4v) is 4.42. The molecule has 0 amide bonds. The van der Waals surface area contributed by atoms with Crippen molar-refractivity contribution < 1.29 is 22.7 Å². The van der Waals surface area contributed by atoms with Gasteiger partial charge >= 0.3 is 5.69 Å². The number of nitrogens with one attached hydrogen (secondary N) is 1. The molecule has 1 aliphatic rings. The van der Waals surface area contributed by atoms with E-state index in [0.717, 1.165) is 4.57 Å². The highest BCUT2D eigenvalue weighted by atomic mass is 32.2. The second kappa shape index (κ2) is 7.12. The van der Waals surface area contributed by atoms with E-state index in [9.17, 15) is 22.7 Å². The van der Waals surface area contributed by atoms with Crippen molar-refractivity contribution in [1.82, 2.24) is 13.9 Å². The van der Waals surface area contributed by atoms with Gasteiger partial charge in [-0.3, -0.25) is 4.57 Å². The highest BCUT2D eigenvalue weighted by Crippen LogP contribution is 2.23. The van der Waals surface area contributed by atoms with E-state index in [-0.39, 0.29) is 36.6 Å². The van der Waals surface area contributed by atoms with E-state index < -0.39 is 21.5 Å². The molecule has 0 radical (unpaired) electrons. The maximum Gasteiger partial charge on any atom is 0.328 e. The van der Waals surface area contributed by atoms with Gasteiger partial charge in [0.25, 0.3) is 0 Å². The molecule has 2 aromatic rings. The summed E-state index contributed by atoms with van der Waals surface area (Å²) in [6.07, 6.45) is 0.730. The zero-order valence-electron chi connectivity index (χ0n) is 14.2. The van der Waals surface area contributed by atoms with Crippen molar-refractivity contribution >= 4 is 10.0 Å². The third-order valence-electron chi connectivity index (χ3n) is 4.37. The summed E-state index contributed by atoms with van der Waals surface area (Å²) < 4.78 is 46.2. The summed E-state index contributed by atoms with van der Waals surface area (Å²) in [5.74, 6) is -0.843. The molecule has 142 valence electrons. The molecule has 0 bridgehead atoms. The minimum atomic E-state index is -3.69. The van der Waals surface area contributed by atoms with Gasteiger partial charge in [0.2, 0.25) is 15.9 Å². The number of hydrogen-bond donors (Lipinski definition) is 2. The van der Waals surface area contributed by atoms with Gasteiger partial charge in [0.05, 0.1) is 5.69 Å². The SMILES string of the molecule is Cn1c(O)c(CS(=O)(=O)N2CCC(Oc3cccc(F)c3)CC2)[nH]c1=O. The molecule has 8 nitrogen and oxygen atoms in total. The number of H-pyrrole nitrogens is 1. The average molecular weight is 385 g/mol. The molecule has 3 rings (SSSR count). The summed E-state index contributed by atoms with van der Waals surface area (Å²) in [5, 5.41) is 9.81. The minimum absolute atomic E-state index is 0.0318. The van der Waals surface area contributed by atoms with Crippen LogP contribution in [-0.4, -0.2) is 46.6 Å². The van der Waals surface area contributed by atoms with Crippen LogP contribution in [0.5, 0.6) is 11.6 Å². The van der Waals surface area contributed by atoms with Crippen LogP contribution >= 0.6 is 0 Å². The summed E-state index contributed by atoms with van der Waals surface area (Å²) in [4.78, 5) is 13.8. The Morgan fingerprint density at radius 1 is 1.35 bits per heavy atom. The lowest BCUT2D eigenvalue weighted by atomic mass is 10.1. The maximum absolute atomic E-state index is 13.2. The molecule has 0 unspecified atom stereocenters. The molecule has 0 spiro atoms. The fourth-order valence-electron chi connectivity index (χ4n) is 2.90. The molecule has 1 fully saturated rings. The zero-order chi connectivity index (χ0) is 18.9. The first-order valence-corrected chi connectivity index (χ1v) is 9.74. The van der Waals surface area contributed by atoms with Crippen molar-refractivity contribution in [2.45, 2.75) is 24.7 Å². The average Bonchev–Trinajstić information content (AvgIpc) is 2.82. The Hall–Kier alpha value is -2.33. The number of hydrogen-bond acceptors (Lipinski definition) is 5. The van der Waals surface area contributed by atoms with Gasteiger partial charge in [-0.1, -0.05) is 6.07 Å². The Morgan fingerprint density at radius 3 is 2.62 bits per heavy atom. The van der Waals surface area contributed by atoms with Crippen LogP contribution in [0.4, 0.5) is 4.39 Å².